The first-order chi connectivity index (χ1) is 19.2. The third kappa shape index (κ3) is 7.14. The van der Waals surface area contributed by atoms with Gasteiger partial charge in [0.1, 0.15) is 17.2 Å². The van der Waals surface area contributed by atoms with Crippen molar-refractivity contribution in [1.29, 1.82) is 0 Å². The van der Waals surface area contributed by atoms with Crippen molar-refractivity contribution >= 4 is 28.3 Å². The van der Waals surface area contributed by atoms with Crippen LogP contribution in [0.4, 0.5) is 24.5 Å². The number of carbonyl (C=O) groups is 1. The number of alkyl halides is 3. The molecule has 12 heteroatoms. The Bertz CT molecular complexity index is 1460. The summed E-state index contributed by atoms with van der Waals surface area (Å²) in [5, 5.41) is 5.00. The Labute approximate surface area is 229 Å². The van der Waals surface area contributed by atoms with Gasteiger partial charge in [-0.1, -0.05) is 0 Å². The predicted molar refractivity (Wildman–Crippen MR) is 146 cm³/mol. The molecular weight excluding hydrogens is 525 g/mol. The molecule has 0 saturated carbocycles. The number of nitrogens with zero attached hydrogens (tertiary/aromatic N) is 4. The second kappa shape index (κ2) is 12.6. The highest BCUT2D eigenvalue weighted by molar-refractivity contribution is 5.93. The van der Waals surface area contributed by atoms with Gasteiger partial charge < -0.3 is 25.0 Å². The third-order valence-corrected chi connectivity index (χ3v) is 6.06. The van der Waals surface area contributed by atoms with Crippen molar-refractivity contribution in [1.82, 2.24) is 25.6 Å². The summed E-state index contributed by atoms with van der Waals surface area (Å²) in [5.41, 5.74) is 4.24. The zero-order chi connectivity index (χ0) is 28.7. The number of anilines is 2. The molecule has 0 spiro atoms. The first kappa shape index (κ1) is 28.6. The van der Waals surface area contributed by atoms with Crippen molar-refractivity contribution in [3.05, 3.63) is 66.6 Å². The van der Waals surface area contributed by atoms with Crippen LogP contribution in [-0.2, 0) is 0 Å². The van der Waals surface area contributed by atoms with Gasteiger partial charge in [-0.3, -0.25) is 14.8 Å². The number of pyridine rings is 1. The summed E-state index contributed by atoms with van der Waals surface area (Å²) in [6.45, 7) is -0.477. The molecule has 0 aliphatic carbocycles. The van der Waals surface area contributed by atoms with Crippen LogP contribution in [0.25, 0.3) is 22.3 Å². The molecule has 1 amide bonds. The number of fused-ring (bicyclic) bond motifs is 1. The fourth-order valence-corrected chi connectivity index (χ4v) is 4.10. The molecule has 0 radical (unpaired) electrons. The SMILES string of the molecule is CNC(=O)c1cc(-c2cnc3ccc(N(CCCNCC(F)(F)F)c4cc(OC)cc(OC)c4)cc3n2)ccn1. The number of hydrogen-bond donors (Lipinski definition) is 2. The minimum atomic E-state index is -4.27. The maximum absolute atomic E-state index is 12.6. The normalized spacial score (nSPS) is 11.3. The van der Waals surface area contributed by atoms with E-state index in [2.05, 4.69) is 20.6 Å². The van der Waals surface area contributed by atoms with Crippen molar-refractivity contribution in [3.63, 3.8) is 0 Å². The Balaban J connectivity index is 1.69. The van der Waals surface area contributed by atoms with E-state index in [4.69, 9.17) is 14.5 Å². The van der Waals surface area contributed by atoms with E-state index < -0.39 is 12.7 Å². The molecule has 0 saturated heterocycles. The van der Waals surface area contributed by atoms with Gasteiger partial charge in [0.05, 0.1) is 43.7 Å². The topological polar surface area (TPSA) is 102 Å². The fourth-order valence-electron chi connectivity index (χ4n) is 4.10. The smallest absolute Gasteiger partial charge is 0.401 e. The van der Waals surface area contributed by atoms with Crippen molar-refractivity contribution in [3.8, 4) is 22.8 Å². The molecule has 0 aliphatic heterocycles. The van der Waals surface area contributed by atoms with Crippen LogP contribution >= 0.6 is 0 Å². The summed E-state index contributed by atoms with van der Waals surface area (Å²) in [5.74, 6) is 0.830. The van der Waals surface area contributed by atoms with E-state index in [-0.39, 0.29) is 18.1 Å². The van der Waals surface area contributed by atoms with Gasteiger partial charge in [0.15, 0.2) is 0 Å². The van der Waals surface area contributed by atoms with Crippen molar-refractivity contribution in [2.45, 2.75) is 12.6 Å². The molecule has 2 aromatic heterocycles. The average Bonchev–Trinajstić information content (AvgIpc) is 2.97. The van der Waals surface area contributed by atoms with E-state index >= 15 is 0 Å². The Kier molecular flexibility index (Phi) is 9.00. The molecule has 2 N–H and O–H groups in total. The van der Waals surface area contributed by atoms with Gasteiger partial charge in [0, 0.05) is 54.9 Å². The van der Waals surface area contributed by atoms with Gasteiger partial charge in [-0.05, 0) is 43.3 Å². The van der Waals surface area contributed by atoms with Crippen LogP contribution in [-0.4, -0.2) is 67.9 Å². The number of halogens is 3. The molecule has 2 aromatic carbocycles. The number of methoxy groups -OCH3 is 2. The number of nitrogens with one attached hydrogen (secondary N) is 2. The molecule has 40 heavy (non-hydrogen) atoms. The number of benzene rings is 2. The molecule has 9 nitrogen and oxygen atoms in total. The van der Waals surface area contributed by atoms with Gasteiger partial charge in [-0.25, -0.2) is 4.98 Å². The average molecular weight is 555 g/mol. The molecule has 0 fully saturated rings. The first-order valence-corrected chi connectivity index (χ1v) is 12.4. The molecule has 4 rings (SSSR count). The van der Waals surface area contributed by atoms with Crippen LogP contribution in [0.3, 0.4) is 0 Å². The fraction of sp³-hybridized carbons (Fsp3) is 0.286. The van der Waals surface area contributed by atoms with Crippen molar-refractivity contribution < 1.29 is 27.4 Å². The summed E-state index contributed by atoms with van der Waals surface area (Å²) in [6, 6.07) is 14.4. The summed E-state index contributed by atoms with van der Waals surface area (Å²) >= 11 is 0. The maximum Gasteiger partial charge on any atom is 0.401 e. The Morgan fingerprint density at radius 3 is 2.38 bits per heavy atom. The zero-order valence-corrected chi connectivity index (χ0v) is 22.2. The standard InChI is InChI=1S/C28H29F3N6O3/c1-32-27(38)25-11-18(7-9-34-25)26-16-35-23-6-5-19(14-24(23)36-26)37(10-4-8-33-17-28(29,30)31)20-12-21(39-2)15-22(13-20)40-3/h5-7,9,11-16,33H,4,8,10,17H2,1-3H3,(H,32,38). The molecule has 210 valence electrons. The molecule has 0 aliphatic rings. The summed E-state index contributed by atoms with van der Waals surface area (Å²) < 4.78 is 48.6. The molecule has 4 aromatic rings. The Morgan fingerprint density at radius 1 is 0.950 bits per heavy atom. The number of rotatable bonds is 11. The minimum Gasteiger partial charge on any atom is -0.497 e. The van der Waals surface area contributed by atoms with E-state index in [1.165, 1.54) is 13.2 Å². The Morgan fingerprint density at radius 2 is 1.70 bits per heavy atom. The summed E-state index contributed by atoms with van der Waals surface area (Å²) in [6.07, 6.45) is -0.682. The van der Waals surface area contributed by atoms with Gasteiger partial charge in [0.25, 0.3) is 5.91 Å². The van der Waals surface area contributed by atoms with Crippen LogP contribution < -0.4 is 25.0 Å². The second-order valence-corrected chi connectivity index (χ2v) is 8.81. The lowest BCUT2D eigenvalue weighted by Crippen LogP contribution is -2.31. The quantitative estimate of drug-likeness (QED) is 0.256. The van der Waals surface area contributed by atoms with E-state index in [9.17, 15) is 18.0 Å². The van der Waals surface area contributed by atoms with Crippen LogP contribution in [0.5, 0.6) is 11.5 Å². The number of aromatic nitrogens is 3. The van der Waals surface area contributed by atoms with E-state index in [0.717, 1.165) is 11.4 Å². The van der Waals surface area contributed by atoms with Gasteiger partial charge in [-0.15, -0.1) is 0 Å². The lowest BCUT2D eigenvalue weighted by Gasteiger charge is -2.26. The van der Waals surface area contributed by atoms with E-state index in [1.807, 2.05) is 35.2 Å². The van der Waals surface area contributed by atoms with Crippen molar-refractivity contribution in [2.75, 3.05) is 45.8 Å². The lowest BCUT2D eigenvalue weighted by molar-refractivity contribution is -0.124. The summed E-state index contributed by atoms with van der Waals surface area (Å²) in [4.78, 5) is 27.4. The highest BCUT2D eigenvalue weighted by Gasteiger charge is 2.26. The van der Waals surface area contributed by atoms with Gasteiger partial charge in [0.2, 0.25) is 0 Å². The molecule has 0 atom stereocenters. The predicted octanol–water partition coefficient (Wildman–Crippen LogP) is 4.75. The van der Waals surface area contributed by atoms with Crippen LogP contribution in [0.1, 0.15) is 16.9 Å². The van der Waals surface area contributed by atoms with Crippen LogP contribution in [0, 0.1) is 0 Å². The molecule has 0 bridgehead atoms. The van der Waals surface area contributed by atoms with Crippen LogP contribution in [0.15, 0.2) is 60.9 Å². The highest BCUT2D eigenvalue weighted by Crippen LogP contribution is 2.34. The molecule has 0 unspecified atom stereocenters. The second-order valence-electron chi connectivity index (χ2n) is 8.81. The van der Waals surface area contributed by atoms with Gasteiger partial charge >= 0.3 is 6.18 Å². The van der Waals surface area contributed by atoms with E-state index in [1.54, 1.807) is 38.6 Å². The third-order valence-electron chi connectivity index (χ3n) is 6.06. The molecule has 2 heterocycles. The van der Waals surface area contributed by atoms with Gasteiger partial charge in [-0.2, -0.15) is 13.2 Å². The number of carbonyl (C=O) groups excluding carboxylic acids is 1. The number of hydrogen-bond acceptors (Lipinski definition) is 8. The van der Waals surface area contributed by atoms with E-state index in [0.29, 0.717) is 46.8 Å². The largest absolute Gasteiger partial charge is 0.497 e. The highest BCUT2D eigenvalue weighted by atomic mass is 19.4. The monoisotopic (exact) mass is 554 g/mol. The maximum atomic E-state index is 12.6. The van der Waals surface area contributed by atoms with Crippen LogP contribution in [0.2, 0.25) is 0 Å². The molecular formula is C28H29F3N6O3. The van der Waals surface area contributed by atoms with Crippen molar-refractivity contribution in [2.24, 2.45) is 0 Å². The minimum absolute atomic E-state index is 0.171. The number of ether oxygens (including phenoxy) is 2. The summed E-state index contributed by atoms with van der Waals surface area (Å²) in [7, 11) is 4.63. The first-order valence-electron chi connectivity index (χ1n) is 12.4. The Hall–Kier alpha value is -4.45. The lowest BCUT2D eigenvalue weighted by atomic mass is 10.1. The number of amides is 1. The zero-order valence-electron chi connectivity index (χ0n) is 22.2.